The molecule has 0 saturated carbocycles. The Labute approximate surface area is 352 Å². The summed E-state index contributed by atoms with van der Waals surface area (Å²) in [6.45, 7) is 3.73. The van der Waals surface area contributed by atoms with Crippen LogP contribution in [0.15, 0.2) is 12.2 Å². The first-order valence-electron chi connectivity index (χ1n) is 24.5. The molecule has 57 heavy (non-hydrogen) atoms. The molecule has 1 atom stereocenters. The number of carbonyl (C=O) groups is 2. The molecule has 0 amide bonds. The highest BCUT2D eigenvalue weighted by Crippen LogP contribution is 2.36. The quantitative estimate of drug-likeness (QED) is 0.0269. The fourth-order valence-electron chi connectivity index (χ4n) is 7.37. The van der Waals surface area contributed by atoms with Crippen LogP contribution in [-0.4, -0.2) is 41.0 Å². The number of phosphoric ester groups is 1. The number of phosphoric acid groups is 1. The van der Waals surface area contributed by atoms with Crippen LogP contribution in [0.4, 0.5) is 0 Å². The van der Waals surface area contributed by atoms with Crippen LogP contribution in [0, 0.1) is 0 Å². The molecule has 9 heteroatoms. The Kier molecular flexibility index (Phi) is 43.4. The van der Waals surface area contributed by atoms with Crippen molar-refractivity contribution >= 4 is 19.8 Å². The van der Waals surface area contributed by atoms with Crippen molar-refractivity contribution in [1.82, 2.24) is 0 Å². The lowest BCUT2D eigenvalue weighted by atomic mass is 10.0. The van der Waals surface area contributed by atoms with Crippen molar-refractivity contribution in [2.45, 2.75) is 270 Å². The monoisotopic (exact) mass is 829 g/mol. The molecule has 0 radical (unpaired) electrons. The molecule has 0 saturated heterocycles. The molecule has 0 rings (SSSR count). The van der Waals surface area contributed by atoms with Gasteiger partial charge in [0.2, 0.25) is 0 Å². The van der Waals surface area contributed by atoms with Crippen LogP contribution < -0.4 is 0 Å². The van der Waals surface area contributed by atoms with Gasteiger partial charge in [0.25, 0.3) is 0 Å². The van der Waals surface area contributed by atoms with Crippen molar-refractivity contribution in [3.63, 3.8) is 0 Å². The van der Waals surface area contributed by atoms with Gasteiger partial charge >= 0.3 is 19.8 Å². The van der Waals surface area contributed by atoms with E-state index in [9.17, 15) is 14.2 Å². The maximum absolute atomic E-state index is 12.5. The number of hydrogen-bond donors (Lipinski definition) is 2. The number of unbranched alkanes of at least 4 members (excludes halogenated alkanes) is 34. The van der Waals surface area contributed by atoms with E-state index >= 15 is 0 Å². The second kappa shape index (κ2) is 44.3. The van der Waals surface area contributed by atoms with Gasteiger partial charge in [0.1, 0.15) is 6.61 Å². The van der Waals surface area contributed by atoms with Gasteiger partial charge < -0.3 is 19.3 Å². The molecule has 0 aromatic heterocycles. The molecule has 0 aliphatic rings. The van der Waals surface area contributed by atoms with Crippen LogP contribution in [0.5, 0.6) is 0 Å². The maximum atomic E-state index is 12.5. The van der Waals surface area contributed by atoms with Gasteiger partial charge in [0.05, 0.1) is 6.61 Å². The lowest BCUT2D eigenvalue weighted by Gasteiger charge is -2.18. The Morgan fingerprint density at radius 2 is 0.737 bits per heavy atom. The lowest BCUT2D eigenvalue weighted by Crippen LogP contribution is -2.29. The minimum atomic E-state index is -4.75. The molecule has 0 bridgehead atoms. The summed E-state index contributed by atoms with van der Waals surface area (Å²) in [6.07, 6.45) is 50.8. The van der Waals surface area contributed by atoms with Gasteiger partial charge in [-0.3, -0.25) is 14.1 Å². The molecule has 8 nitrogen and oxygen atoms in total. The zero-order valence-electron chi connectivity index (χ0n) is 37.5. The van der Waals surface area contributed by atoms with E-state index in [0.717, 1.165) is 38.5 Å². The van der Waals surface area contributed by atoms with Crippen molar-refractivity contribution in [2.75, 3.05) is 13.2 Å². The molecule has 338 valence electrons. The van der Waals surface area contributed by atoms with Gasteiger partial charge in [-0.15, -0.1) is 0 Å². The lowest BCUT2D eigenvalue weighted by molar-refractivity contribution is -0.161. The van der Waals surface area contributed by atoms with Gasteiger partial charge in [0, 0.05) is 12.8 Å². The highest BCUT2D eigenvalue weighted by atomic mass is 31.2. The molecule has 0 spiro atoms. The van der Waals surface area contributed by atoms with Gasteiger partial charge in [-0.2, -0.15) is 0 Å². The van der Waals surface area contributed by atoms with E-state index in [2.05, 4.69) is 30.5 Å². The summed E-state index contributed by atoms with van der Waals surface area (Å²) in [5.41, 5.74) is 0. The van der Waals surface area contributed by atoms with Gasteiger partial charge in [-0.25, -0.2) is 4.57 Å². The van der Waals surface area contributed by atoms with E-state index in [4.69, 9.17) is 19.3 Å². The second-order valence-corrected chi connectivity index (χ2v) is 18.0. The van der Waals surface area contributed by atoms with E-state index in [1.165, 1.54) is 193 Å². The molecule has 2 N–H and O–H groups in total. The summed E-state index contributed by atoms with van der Waals surface area (Å²) >= 11 is 0. The third kappa shape index (κ3) is 47.3. The summed E-state index contributed by atoms with van der Waals surface area (Å²) in [5.74, 6) is -0.870. The highest BCUT2D eigenvalue weighted by Gasteiger charge is 2.23. The first-order chi connectivity index (χ1) is 27.8. The van der Waals surface area contributed by atoms with E-state index in [-0.39, 0.29) is 19.4 Å². The zero-order chi connectivity index (χ0) is 41.8. The van der Waals surface area contributed by atoms with Crippen molar-refractivity contribution in [3.05, 3.63) is 12.2 Å². The average Bonchev–Trinajstić information content (AvgIpc) is 3.18. The summed E-state index contributed by atoms with van der Waals surface area (Å²) in [4.78, 5) is 43.0. The second-order valence-electron chi connectivity index (χ2n) is 16.8. The van der Waals surface area contributed by atoms with Gasteiger partial charge in [-0.1, -0.05) is 225 Å². The number of rotatable bonds is 46. The van der Waals surface area contributed by atoms with E-state index in [0.29, 0.717) is 6.42 Å². The fourth-order valence-corrected chi connectivity index (χ4v) is 7.73. The van der Waals surface area contributed by atoms with Crippen LogP contribution in [-0.2, 0) is 28.2 Å². The van der Waals surface area contributed by atoms with E-state index in [1.54, 1.807) is 0 Å². The Balaban J connectivity index is 3.80. The van der Waals surface area contributed by atoms with Crippen LogP contribution >= 0.6 is 7.82 Å². The van der Waals surface area contributed by atoms with E-state index < -0.39 is 32.5 Å². The van der Waals surface area contributed by atoms with Gasteiger partial charge in [-0.05, 0) is 38.5 Å². The molecular formula is C48H93O8P. The Morgan fingerprint density at radius 3 is 1.07 bits per heavy atom. The largest absolute Gasteiger partial charge is 0.469 e. The number of allylic oxidation sites excluding steroid dienone is 2. The molecule has 0 aliphatic heterocycles. The molecule has 0 aromatic rings. The Hall–Kier alpha value is -1.21. The predicted octanol–water partition coefficient (Wildman–Crippen LogP) is 15.4. The van der Waals surface area contributed by atoms with Crippen LogP contribution in [0.3, 0.4) is 0 Å². The van der Waals surface area contributed by atoms with E-state index in [1.807, 2.05) is 0 Å². The fraction of sp³-hybridized carbons (Fsp3) is 0.917. The molecule has 0 fully saturated rings. The smallest absolute Gasteiger partial charge is 0.462 e. The molecule has 0 heterocycles. The summed E-state index contributed by atoms with van der Waals surface area (Å²) in [6, 6.07) is 0. The number of carbonyl (C=O) groups excluding carboxylic acids is 2. The molecule has 0 aromatic carbocycles. The van der Waals surface area contributed by atoms with Crippen molar-refractivity contribution in [2.24, 2.45) is 0 Å². The summed E-state index contributed by atoms with van der Waals surface area (Å²) in [7, 11) is -4.75. The van der Waals surface area contributed by atoms with Crippen LogP contribution in [0.25, 0.3) is 0 Å². The predicted molar refractivity (Wildman–Crippen MR) is 239 cm³/mol. The zero-order valence-corrected chi connectivity index (χ0v) is 38.4. The van der Waals surface area contributed by atoms with Crippen molar-refractivity contribution in [1.29, 1.82) is 0 Å². The number of ether oxygens (including phenoxy) is 2. The maximum Gasteiger partial charge on any atom is 0.469 e. The normalized spacial score (nSPS) is 12.4. The Morgan fingerprint density at radius 1 is 0.439 bits per heavy atom. The highest BCUT2D eigenvalue weighted by molar-refractivity contribution is 7.46. The average molecular weight is 829 g/mol. The molecule has 0 aliphatic carbocycles. The van der Waals surface area contributed by atoms with Crippen molar-refractivity contribution < 1.29 is 37.9 Å². The Bertz CT molecular complexity index is 935. The van der Waals surface area contributed by atoms with Crippen LogP contribution in [0.2, 0.25) is 0 Å². The number of esters is 2. The van der Waals surface area contributed by atoms with Crippen molar-refractivity contribution in [3.8, 4) is 0 Å². The number of hydrogen-bond acceptors (Lipinski definition) is 6. The first-order valence-corrected chi connectivity index (χ1v) is 26.0. The topological polar surface area (TPSA) is 119 Å². The van der Waals surface area contributed by atoms with Crippen LogP contribution in [0.1, 0.15) is 264 Å². The third-order valence-corrected chi connectivity index (χ3v) is 11.5. The SMILES string of the molecule is CCCCCCCC/C=C/CCCCCCCCCCCC(=O)O[C@H](COC(=O)CCCCCCCCCCCCCCCCCCCCCC)COP(=O)(O)O. The summed E-state index contributed by atoms with van der Waals surface area (Å²) in [5, 5.41) is 0. The molecule has 0 unspecified atom stereocenters. The summed E-state index contributed by atoms with van der Waals surface area (Å²) < 4.78 is 26.5. The minimum Gasteiger partial charge on any atom is -0.462 e. The minimum absolute atomic E-state index is 0.214. The first kappa shape index (κ1) is 55.8. The van der Waals surface area contributed by atoms with Gasteiger partial charge in [0.15, 0.2) is 6.10 Å². The standard InChI is InChI=1S/C48H93O8P/c1-3-5-7-9-11-13-15-17-19-21-23-25-26-28-30-32-34-36-38-40-42-47(49)54-44-46(45-55-57(51,52)53)56-48(50)43-41-39-37-35-33-31-29-27-24-22-20-18-16-14-12-10-8-6-4-2/h18,20,46H,3-17,19,21-45H2,1-2H3,(H2,51,52,53)/b20-18+/t46-/m1/s1. The third-order valence-electron chi connectivity index (χ3n) is 11.0. The molecular weight excluding hydrogens is 735 g/mol.